The van der Waals surface area contributed by atoms with Gasteiger partial charge in [-0.25, -0.2) is 0 Å². The zero-order valence-electron chi connectivity index (χ0n) is 12.2. The van der Waals surface area contributed by atoms with Crippen molar-refractivity contribution in [3.63, 3.8) is 0 Å². The van der Waals surface area contributed by atoms with Gasteiger partial charge in [-0.15, -0.1) is 0 Å². The monoisotopic (exact) mass is 277 g/mol. The second-order valence-electron chi connectivity index (χ2n) is 5.62. The molecule has 110 valence electrons. The van der Waals surface area contributed by atoms with Crippen molar-refractivity contribution in [2.75, 3.05) is 25.5 Å². The molecule has 1 heterocycles. The smallest absolute Gasteiger partial charge is 0.269 e. The van der Waals surface area contributed by atoms with Crippen molar-refractivity contribution >= 4 is 11.6 Å². The van der Waals surface area contributed by atoms with Crippen molar-refractivity contribution in [3.8, 4) is 0 Å². The van der Waals surface area contributed by atoms with Crippen LogP contribution >= 0.6 is 0 Å². The lowest BCUT2D eigenvalue weighted by Crippen LogP contribution is -2.37. The fourth-order valence-corrected chi connectivity index (χ4v) is 2.56. The Morgan fingerprint density at radius 1 is 1.45 bits per heavy atom. The summed E-state index contributed by atoms with van der Waals surface area (Å²) in [5.74, 6) is -0.00351. The first kappa shape index (κ1) is 14.8. The molecule has 1 fully saturated rings. The zero-order chi connectivity index (χ0) is 14.5. The van der Waals surface area contributed by atoms with Gasteiger partial charge in [0.2, 0.25) is 0 Å². The van der Waals surface area contributed by atoms with Crippen molar-refractivity contribution in [2.24, 2.45) is 5.92 Å². The molecular formula is C15H23N3O2. The van der Waals surface area contributed by atoms with Gasteiger partial charge >= 0.3 is 0 Å². The highest BCUT2D eigenvalue weighted by atomic mass is 16.3. The highest BCUT2D eigenvalue weighted by Gasteiger charge is 2.23. The Balaban J connectivity index is 1.92. The first-order valence-corrected chi connectivity index (χ1v) is 7.17. The number of aliphatic hydroxyl groups excluding tert-OH is 1. The third kappa shape index (κ3) is 3.70. The molecule has 2 N–H and O–H groups in total. The normalized spacial score (nSPS) is 22.4. The Bertz CT molecular complexity index is 462. The summed E-state index contributed by atoms with van der Waals surface area (Å²) in [5, 5.41) is 12.8. The largest absolute Gasteiger partial charge is 0.393 e. The molecule has 0 aromatic carbocycles. The Morgan fingerprint density at radius 2 is 2.20 bits per heavy atom. The van der Waals surface area contributed by atoms with Crippen LogP contribution in [-0.4, -0.2) is 42.7 Å². The number of pyridine rings is 1. The fourth-order valence-electron chi connectivity index (χ4n) is 2.56. The minimum Gasteiger partial charge on any atom is -0.393 e. The lowest BCUT2D eigenvalue weighted by atomic mass is 9.86. The lowest BCUT2D eigenvalue weighted by Gasteiger charge is -2.27. The summed E-state index contributed by atoms with van der Waals surface area (Å²) in [7, 11) is 3.85. The maximum absolute atomic E-state index is 12.1. The summed E-state index contributed by atoms with van der Waals surface area (Å²) in [5.41, 5.74) is 1.37. The molecule has 0 radical (unpaired) electrons. The van der Waals surface area contributed by atoms with E-state index < -0.39 is 0 Å². The molecule has 20 heavy (non-hydrogen) atoms. The average Bonchev–Trinajstić information content (AvgIpc) is 2.46. The summed E-state index contributed by atoms with van der Waals surface area (Å²) < 4.78 is 0. The van der Waals surface area contributed by atoms with Crippen molar-refractivity contribution in [1.29, 1.82) is 0 Å². The van der Waals surface area contributed by atoms with Crippen molar-refractivity contribution in [1.82, 2.24) is 10.3 Å². The van der Waals surface area contributed by atoms with E-state index in [-0.39, 0.29) is 17.9 Å². The van der Waals surface area contributed by atoms with Crippen LogP contribution in [0.3, 0.4) is 0 Å². The van der Waals surface area contributed by atoms with Gasteiger partial charge in [-0.3, -0.25) is 9.78 Å². The summed E-state index contributed by atoms with van der Waals surface area (Å²) in [6, 6.07) is 3.63. The molecule has 0 aliphatic heterocycles. The van der Waals surface area contributed by atoms with Crippen LogP contribution in [0.1, 0.15) is 36.2 Å². The van der Waals surface area contributed by atoms with Crippen molar-refractivity contribution in [3.05, 3.63) is 24.0 Å². The second kappa shape index (κ2) is 6.70. The second-order valence-corrected chi connectivity index (χ2v) is 5.62. The summed E-state index contributed by atoms with van der Waals surface area (Å²) >= 11 is 0. The molecule has 0 saturated heterocycles. The third-order valence-electron chi connectivity index (χ3n) is 3.89. The van der Waals surface area contributed by atoms with Gasteiger partial charge in [0.25, 0.3) is 5.91 Å². The number of amides is 1. The Hall–Kier alpha value is -1.62. The molecule has 1 saturated carbocycles. The van der Waals surface area contributed by atoms with E-state index >= 15 is 0 Å². The number of anilines is 1. The molecule has 2 rings (SSSR count). The molecule has 1 aliphatic rings. The molecule has 5 nitrogen and oxygen atoms in total. The Labute approximate surface area is 120 Å². The van der Waals surface area contributed by atoms with Crippen LogP contribution in [0.4, 0.5) is 5.69 Å². The van der Waals surface area contributed by atoms with Crippen LogP contribution < -0.4 is 10.2 Å². The third-order valence-corrected chi connectivity index (χ3v) is 3.89. The topological polar surface area (TPSA) is 65.5 Å². The molecule has 1 amide bonds. The van der Waals surface area contributed by atoms with Crippen LogP contribution in [0.15, 0.2) is 18.3 Å². The number of carbonyl (C=O) groups excluding carboxylic acids is 1. The van der Waals surface area contributed by atoms with Gasteiger partial charge in [0.05, 0.1) is 6.10 Å². The number of rotatable bonds is 4. The minimum atomic E-state index is -0.287. The highest BCUT2D eigenvalue weighted by molar-refractivity contribution is 5.93. The maximum Gasteiger partial charge on any atom is 0.269 e. The molecule has 5 heteroatoms. The van der Waals surface area contributed by atoms with Gasteiger partial charge in [-0.05, 0) is 25.0 Å². The van der Waals surface area contributed by atoms with Crippen LogP contribution in [0.2, 0.25) is 0 Å². The van der Waals surface area contributed by atoms with Gasteiger partial charge in [0, 0.05) is 38.4 Å². The quantitative estimate of drug-likeness (QED) is 0.874. The van der Waals surface area contributed by atoms with Gasteiger partial charge in [-0.1, -0.05) is 12.8 Å². The van der Waals surface area contributed by atoms with E-state index in [1.54, 1.807) is 12.3 Å². The number of aliphatic hydroxyl groups is 1. The minimum absolute atomic E-state index is 0.171. The first-order valence-electron chi connectivity index (χ1n) is 7.17. The number of hydrogen-bond donors (Lipinski definition) is 2. The molecule has 1 aromatic rings. The van der Waals surface area contributed by atoms with E-state index in [0.717, 1.165) is 31.4 Å². The van der Waals surface area contributed by atoms with Crippen LogP contribution in [0.25, 0.3) is 0 Å². The van der Waals surface area contributed by atoms with Gasteiger partial charge < -0.3 is 15.3 Å². The SMILES string of the molecule is CN(C)c1ccnc(C(=O)NC[C@H]2CCCC[C@@H]2O)c1. The summed E-state index contributed by atoms with van der Waals surface area (Å²) in [6.45, 7) is 0.522. The molecule has 2 atom stereocenters. The van der Waals surface area contributed by atoms with Crippen molar-refractivity contribution < 1.29 is 9.90 Å². The lowest BCUT2D eigenvalue weighted by molar-refractivity contribution is 0.0661. The molecule has 1 aliphatic carbocycles. The number of nitrogens with one attached hydrogen (secondary N) is 1. The van der Waals surface area contributed by atoms with E-state index in [1.165, 1.54) is 0 Å². The van der Waals surface area contributed by atoms with Gasteiger partial charge in [-0.2, -0.15) is 0 Å². The maximum atomic E-state index is 12.1. The van der Waals surface area contributed by atoms with E-state index in [4.69, 9.17) is 0 Å². The summed E-state index contributed by atoms with van der Waals surface area (Å²) in [4.78, 5) is 18.1. The van der Waals surface area contributed by atoms with Crippen molar-refractivity contribution in [2.45, 2.75) is 31.8 Å². The Morgan fingerprint density at radius 3 is 2.90 bits per heavy atom. The van der Waals surface area contributed by atoms with Gasteiger partial charge in [0.1, 0.15) is 5.69 Å². The van der Waals surface area contributed by atoms with E-state index in [9.17, 15) is 9.90 Å². The van der Waals surface area contributed by atoms with E-state index in [1.807, 2.05) is 25.1 Å². The zero-order valence-corrected chi connectivity index (χ0v) is 12.2. The predicted octanol–water partition coefficient (Wildman–Crippen LogP) is 1.43. The number of nitrogens with zero attached hydrogens (tertiary/aromatic N) is 2. The number of hydrogen-bond acceptors (Lipinski definition) is 4. The predicted molar refractivity (Wildman–Crippen MR) is 78.9 cm³/mol. The summed E-state index contributed by atoms with van der Waals surface area (Å²) in [6.07, 6.45) is 5.38. The molecule has 0 unspecified atom stereocenters. The highest BCUT2D eigenvalue weighted by Crippen LogP contribution is 2.23. The molecular weight excluding hydrogens is 254 g/mol. The molecule has 1 aromatic heterocycles. The molecule has 0 spiro atoms. The van der Waals surface area contributed by atoms with E-state index in [0.29, 0.717) is 12.2 Å². The molecule has 0 bridgehead atoms. The fraction of sp³-hybridized carbons (Fsp3) is 0.600. The van der Waals surface area contributed by atoms with Gasteiger partial charge in [0.15, 0.2) is 0 Å². The number of aromatic nitrogens is 1. The van der Waals surface area contributed by atoms with Crippen LogP contribution in [-0.2, 0) is 0 Å². The van der Waals surface area contributed by atoms with Crippen LogP contribution in [0, 0.1) is 5.92 Å². The van der Waals surface area contributed by atoms with Crippen LogP contribution in [0.5, 0.6) is 0 Å². The average molecular weight is 277 g/mol. The number of carbonyl (C=O) groups is 1. The Kier molecular flexibility index (Phi) is 4.95. The first-order chi connectivity index (χ1) is 9.58. The standard InChI is InChI=1S/C15H23N3O2/c1-18(2)12-7-8-16-13(9-12)15(20)17-10-11-5-3-4-6-14(11)19/h7-9,11,14,19H,3-6,10H2,1-2H3,(H,17,20)/t11-,14+/m1/s1. The van der Waals surface area contributed by atoms with E-state index in [2.05, 4.69) is 10.3 Å².